The first-order valence-corrected chi connectivity index (χ1v) is 8.06. The Kier molecular flexibility index (Phi) is 6.11. The second-order valence-electron chi connectivity index (χ2n) is 6.11. The first kappa shape index (κ1) is 18.4. The van der Waals surface area contributed by atoms with E-state index < -0.39 is 0 Å². The Morgan fingerprint density at radius 1 is 1.00 bits per heavy atom. The number of hydrogen-bond acceptors (Lipinski definition) is 2. The summed E-state index contributed by atoms with van der Waals surface area (Å²) >= 11 is 0. The molecule has 0 spiro atoms. The standard InChI is InChI=1S/C19H22FN3O2/c1-12(2)18(24)22-15-5-7-16(8-6-15)23-19(25)21-11-14-4-9-17(20)13(3)10-14/h4-10,12H,11H2,1-3H3,(H,22,24)(H2,21,23,25). The topological polar surface area (TPSA) is 70.2 Å². The van der Waals surface area contributed by atoms with E-state index in [-0.39, 0.29) is 23.7 Å². The van der Waals surface area contributed by atoms with Crippen molar-refractivity contribution in [3.8, 4) is 0 Å². The van der Waals surface area contributed by atoms with Gasteiger partial charge in [-0.3, -0.25) is 4.79 Å². The molecule has 0 aliphatic carbocycles. The van der Waals surface area contributed by atoms with E-state index in [9.17, 15) is 14.0 Å². The highest BCUT2D eigenvalue weighted by Crippen LogP contribution is 2.14. The van der Waals surface area contributed by atoms with Gasteiger partial charge >= 0.3 is 6.03 Å². The van der Waals surface area contributed by atoms with Crippen LogP contribution < -0.4 is 16.0 Å². The molecule has 0 saturated heterocycles. The Bertz CT molecular complexity index is 758. The molecule has 3 N–H and O–H groups in total. The maximum atomic E-state index is 13.2. The van der Waals surface area contributed by atoms with Crippen molar-refractivity contribution < 1.29 is 14.0 Å². The number of halogens is 1. The normalized spacial score (nSPS) is 10.4. The van der Waals surface area contributed by atoms with Crippen molar-refractivity contribution in [1.82, 2.24) is 5.32 Å². The number of amides is 3. The molecular formula is C19H22FN3O2. The molecule has 0 bridgehead atoms. The van der Waals surface area contributed by atoms with E-state index in [1.54, 1.807) is 43.3 Å². The van der Waals surface area contributed by atoms with Gasteiger partial charge in [0, 0.05) is 23.8 Å². The van der Waals surface area contributed by atoms with Gasteiger partial charge in [-0.25, -0.2) is 9.18 Å². The molecule has 2 aromatic carbocycles. The monoisotopic (exact) mass is 343 g/mol. The van der Waals surface area contributed by atoms with Crippen LogP contribution in [-0.2, 0) is 11.3 Å². The van der Waals surface area contributed by atoms with Gasteiger partial charge < -0.3 is 16.0 Å². The number of carbonyl (C=O) groups excluding carboxylic acids is 2. The molecule has 0 aliphatic heterocycles. The van der Waals surface area contributed by atoms with Crippen LogP contribution in [0, 0.1) is 18.7 Å². The van der Waals surface area contributed by atoms with Gasteiger partial charge in [-0.15, -0.1) is 0 Å². The largest absolute Gasteiger partial charge is 0.334 e. The van der Waals surface area contributed by atoms with Crippen LogP contribution in [0.4, 0.5) is 20.6 Å². The van der Waals surface area contributed by atoms with Crippen LogP contribution in [0.1, 0.15) is 25.0 Å². The SMILES string of the molecule is Cc1cc(CNC(=O)Nc2ccc(NC(=O)C(C)C)cc2)ccc1F. The Morgan fingerprint density at radius 3 is 2.16 bits per heavy atom. The molecule has 2 aromatic rings. The summed E-state index contributed by atoms with van der Waals surface area (Å²) in [6.07, 6.45) is 0. The highest BCUT2D eigenvalue weighted by Gasteiger charge is 2.07. The minimum Gasteiger partial charge on any atom is -0.334 e. The zero-order valence-electron chi connectivity index (χ0n) is 14.5. The molecule has 3 amide bonds. The van der Waals surface area contributed by atoms with Crippen LogP contribution in [0.2, 0.25) is 0 Å². The summed E-state index contributed by atoms with van der Waals surface area (Å²) in [7, 11) is 0. The zero-order valence-corrected chi connectivity index (χ0v) is 14.5. The van der Waals surface area contributed by atoms with Crippen molar-refractivity contribution in [2.24, 2.45) is 5.92 Å². The van der Waals surface area contributed by atoms with Crippen LogP contribution in [0.25, 0.3) is 0 Å². The maximum Gasteiger partial charge on any atom is 0.319 e. The molecule has 0 heterocycles. The van der Waals surface area contributed by atoms with E-state index in [0.717, 1.165) is 5.56 Å². The molecule has 0 atom stereocenters. The fourth-order valence-corrected chi connectivity index (χ4v) is 2.10. The number of rotatable bonds is 5. The van der Waals surface area contributed by atoms with Crippen molar-refractivity contribution in [3.05, 3.63) is 59.4 Å². The molecule has 5 nitrogen and oxygen atoms in total. The molecular weight excluding hydrogens is 321 g/mol. The van der Waals surface area contributed by atoms with Crippen molar-refractivity contribution in [2.75, 3.05) is 10.6 Å². The van der Waals surface area contributed by atoms with Crippen molar-refractivity contribution in [3.63, 3.8) is 0 Å². The first-order valence-electron chi connectivity index (χ1n) is 8.06. The molecule has 0 radical (unpaired) electrons. The molecule has 6 heteroatoms. The predicted molar refractivity (Wildman–Crippen MR) is 96.9 cm³/mol. The zero-order chi connectivity index (χ0) is 18.4. The number of nitrogens with one attached hydrogen (secondary N) is 3. The summed E-state index contributed by atoms with van der Waals surface area (Å²) in [5.74, 6) is -0.426. The van der Waals surface area contributed by atoms with E-state index in [2.05, 4.69) is 16.0 Å². The Morgan fingerprint density at radius 2 is 1.60 bits per heavy atom. The van der Waals surface area contributed by atoms with Crippen molar-refractivity contribution in [1.29, 1.82) is 0 Å². The second kappa shape index (κ2) is 8.28. The quantitative estimate of drug-likeness (QED) is 0.766. The van der Waals surface area contributed by atoms with E-state index >= 15 is 0 Å². The smallest absolute Gasteiger partial charge is 0.319 e. The van der Waals surface area contributed by atoms with E-state index in [1.165, 1.54) is 6.07 Å². The number of carbonyl (C=O) groups is 2. The summed E-state index contributed by atoms with van der Waals surface area (Å²) in [5, 5.41) is 8.20. The lowest BCUT2D eigenvalue weighted by Crippen LogP contribution is -2.28. The lowest BCUT2D eigenvalue weighted by molar-refractivity contribution is -0.118. The lowest BCUT2D eigenvalue weighted by atomic mass is 10.1. The minimum atomic E-state index is -0.360. The van der Waals surface area contributed by atoms with Gasteiger partial charge in [-0.05, 0) is 48.4 Å². The summed E-state index contributed by atoms with van der Waals surface area (Å²) < 4.78 is 13.2. The molecule has 0 fully saturated rings. The lowest BCUT2D eigenvalue weighted by Gasteiger charge is -2.10. The van der Waals surface area contributed by atoms with E-state index in [4.69, 9.17) is 0 Å². The van der Waals surface area contributed by atoms with Gasteiger partial charge in [-0.2, -0.15) is 0 Å². The predicted octanol–water partition coefficient (Wildman–Crippen LogP) is 4.05. The van der Waals surface area contributed by atoms with Crippen LogP contribution >= 0.6 is 0 Å². The number of anilines is 2. The summed E-state index contributed by atoms with van der Waals surface area (Å²) in [6.45, 7) is 5.62. The third-order valence-electron chi connectivity index (χ3n) is 3.61. The molecule has 0 aromatic heterocycles. The van der Waals surface area contributed by atoms with Gasteiger partial charge in [-0.1, -0.05) is 26.0 Å². The Hall–Kier alpha value is -2.89. The molecule has 25 heavy (non-hydrogen) atoms. The first-order chi connectivity index (χ1) is 11.8. The number of aryl methyl sites for hydroxylation is 1. The Labute approximate surface area is 146 Å². The van der Waals surface area contributed by atoms with Crippen LogP contribution in [-0.4, -0.2) is 11.9 Å². The van der Waals surface area contributed by atoms with Gasteiger partial charge in [0.15, 0.2) is 0 Å². The van der Waals surface area contributed by atoms with Gasteiger partial charge in [0.25, 0.3) is 0 Å². The minimum absolute atomic E-state index is 0.0620. The summed E-state index contributed by atoms with van der Waals surface area (Å²) in [5.41, 5.74) is 2.64. The highest BCUT2D eigenvalue weighted by molar-refractivity contribution is 5.93. The molecule has 0 aliphatic rings. The summed E-state index contributed by atoms with van der Waals surface area (Å²) in [4.78, 5) is 23.5. The highest BCUT2D eigenvalue weighted by atomic mass is 19.1. The maximum absolute atomic E-state index is 13.2. The van der Waals surface area contributed by atoms with Crippen LogP contribution in [0.3, 0.4) is 0 Å². The molecule has 132 valence electrons. The third-order valence-corrected chi connectivity index (χ3v) is 3.61. The molecule has 0 unspecified atom stereocenters. The third kappa shape index (κ3) is 5.60. The average Bonchev–Trinajstić information content (AvgIpc) is 2.57. The van der Waals surface area contributed by atoms with Crippen molar-refractivity contribution >= 4 is 23.3 Å². The number of hydrogen-bond donors (Lipinski definition) is 3. The van der Waals surface area contributed by atoms with Gasteiger partial charge in [0.2, 0.25) is 5.91 Å². The van der Waals surface area contributed by atoms with Gasteiger partial charge in [0.05, 0.1) is 0 Å². The Balaban J connectivity index is 1.85. The van der Waals surface area contributed by atoms with Crippen molar-refractivity contribution in [2.45, 2.75) is 27.3 Å². The molecule has 2 rings (SSSR count). The van der Waals surface area contributed by atoms with Crippen LogP contribution in [0.15, 0.2) is 42.5 Å². The average molecular weight is 343 g/mol. The fourth-order valence-electron chi connectivity index (χ4n) is 2.10. The fraction of sp³-hybridized carbons (Fsp3) is 0.263. The molecule has 0 saturated carbocycles. The second-order valence-corrected chi connectivity index (χ2v) is 6.11. The number of urea groups is 1. The van der Waals surface area contributed by atoms with Gasteiger partial charge in [0.1, 0.15) is 5.82 Å². The van der Waals surface area contributed by atoms with E-state index in [1.807, 2.05) is 13.8 Å². The number of benzene rings is 2. The van der Waals surface area contributed by atoms with E-state index in [0.29, 0.717) is 23.5 Å². The van der Waals surface area contributed by atoms with Crippen LogP contribution in [0.5, 0.6) is 0 Å². The summed E-state index contributed by atoms with van der Waals surface area (Å²) in [6, 6.07) is 11.2.